The molecule has 0 unspecified atom stereocenters. The van der Waals surface area contributed by atoms with Crippen molar-refractivity contribution >= 4 is 26.8 Å². The number of hydrogen-bond donors (Lipinski definition) is 1. The highest BCUT2D eigenvalue weighted by molar-refractivity contribution is 9.10. The molecule has 0 amide bonds. The van der Waals surface area contributed by atoms with Crippen molar-refractivity contribution in [2.45, 2.75) is 20.8 Å². The van der Waals surface area contributed by atoms with Crippen LogP contribution in [0.2, 0.25) is 0 Å². The third-order valence-electron chi connectivity index (χ3n) is 3.60. The molecule has 1 heterocycles. The van der Waals surface area contributed by atoms with E-state index < -0.39 is 0 Å². The molecule has 3 aromatic carbocycles. The second-order valence-electron chi connectivity index (χ2n) is 5.44. The van der Waals surface area contributed by atoms with Gasteiger partial charge >= 0.3 is 0 Å². The summed E-state index contributed by atoms with van der Waals surface area (Å²) in [4.78, 5) is 3.45. The van der Waals surface area contributed by atoms with Gasteiger partial charge in [-0.05, 0) is 42.3 Å². The lowest BCUT2D eigenvalue weighted by atomic mass is 10.1. The minimum Gasteiger partial charge on any atom is -0.355 e. The lowest BCUT2D eigenvalue weighted by molar-refractivity contribution is 1.43. The average molecular weight is 394 g/mol. The van der Waals surface area contributed by atoms with Gasteiger partial charge in [0.15, 0.2) is 0 Å². The van der Waals surface area contributed by atoms with Gasteiger partial charge in [0, 0.05) is 21.1 Å². The highest BCUT2D eigenvalue weighted by Gasteiger charge is 2.02. The summed E-state index contributed by atoms with van der Waals surface area (Å²) in [5, 5.41) is 1.27. The van der Waals surface area contributed by atoms with Crippen LogP contribution in [-0.4, -0.2) is 4.98 Å². The van der Waals surface area contributed by atoms with Crippen LogP contribution in [0.5, 0.6) is 0 Å². The molecule has 0 atom stereocenters. The number of H-pyrrole nitrogens is 1. The van der Waals surface area contributed by atoms with Crippen molar-refractivity contribution in [2.24, 2.45) is 0 Å². The highest BCUT2D eigenvalue weighted by Crippen LogP contribution is 2.24. The summed E-state index contributed by atoms with van der Waals surface area (Å²) in [7, 11) is 0. The van der Waals surface area contributed by atoms with Crippen LogP contribution in [0.25, 0.3) is 22.2 Å². The molecular formula is C23H24BrN. The SMILES string of the molecule is Brc1ccccc1.CC.Cc1ccc2cc(-c3ccccc3)[nH]c2c1. The van der Waals surface area contributed by atoms with Gasteiger partial charge < -0.3 is 4.98 Å². The molecule has 1 aromatic heterocycles. The van der Waals surface area contributed by atoms with Gasteiger partial charge in [-0.15, -0.1) is 0 Å². The van der Waals surface area contributed by atoms with Crippen molar-refractivity contribution < 1.29 is 0 Å². The Balaban J connectivity index is 0.000000211. The minimum absolute atomic E-state index is 1.13. The van der Waals surface area contributed by atoms with Crippen molar-refractivity contribution in [3.63, 3.8) is 0 Å². The fraction of sp³-hybridized carbons (Fsp3) is 0.130. The summed E-state index contributed by atoms with van der Waals surface area (Å²) in [6.45, 7) is 6.11. The molecule has 25 heavy (non-hydrogen) atoms. The van der Waals surface area contributed by atoms with Gasteiger partial charge in [0.2, 0.25) is 0 Å². The predicted octanol–water partition coefficient (Wildman–Crippen LogP) is 7.62. The monoisotopic (exact) mass is 393 g/mol. The van der Waals surface area contributed by atoms with Gasteiger partial charge in [-0.2, -0.15) is 0 Å². The number of aryl methyl sites for hydroxylation is 1. The molecule has 0 aliphatic heterocycles. The molecule has 0 spiro atoms. The van der Waals surface area contributed by atoms with E-state index in [1.54, 1.807) is 0 Å². The first-order valence-electron chi connectivity index (χ1n) is 8.58. The molecule has 128 valence electrons. The smallest absolute Gasteiger partial charge is 0.0464 e. The zero-order valence-electron chi connectivity index (χ0n) is 15.0. The van der Waals surface area contributed by atoms with E-state index in [0.29, 0.717) is 0 Å². The quantitative estimate of drug-likeness (QED) is 0.342. The molecule has 0 saturated carbocycles. The second-order valence-corrected chi connectivity index (χ2v) is 6.35. The van der Waals surface area contributed by atoms with E-state index in [0.717, 1.165) is 4.47 Å². The van der Waals surface area contributed by atoms with Gasteiger partial charge in [-0.1, -0.05) is 90.4 Å². The molecule has 4 rings (SSSR count). The Morgan fingerprint density at radius 1 is 0.720 bits per heavy atom. The van der Waals surface area contributed by atoms with E-state index in [1.807, 2.05) is 50.2 Å². The molecule has 1 N–H and O–H groups in total. The summed E-state index contributed by atoms with van der Waals surface area (Å²) in [5.74, 6) is 0. The largest absolute Gasteiger partial charge is 0.355 e. The number of halogens is 1. The third-order valence-corrected chi connectivity index (χ3v) is 4.12. The molecule has 0 aliphatic carbocycles. The average Bonchev–Trinajstić information content (AvgIpc) is 3.08. The summed E-state index contributed by atoms with van der Waals surface area (Å²) in [6, 6.07) is 29.1. The Hall–Kier alpha value is -2.32. The zero-order valence-corrected chi connectivity index (χ0v) is 16.5. The first-order chi connectivity index (χ1) is 12.2. The minimum atomic E-state index is 1.13. The number of nitrogens with one attached hydrogen (secondary N) is 1. The van der Waals surface area contributed by atoms with Crippen molar-refractivity contribution in [1.29, 1.82) is 0 Å². The van der Waals surface area contributed by atoms with E-state index in [2.05, 4.69) is 76.4 Å². The lowest BCUT2D eigenvalue weighted by Crippen LogP contribution is -1.75. The van der Waals surface area contributed by atoms with Gasteiger partial charge in [0.25, 0.3) is 0 Å². The molecule has 1 nitrogen and oxygen atoms in total. The van der Waals surface area contributed by atoms with Crippen LogP contribution < -0.4 is 0 Å². The Kier molecular flexibility index (Phi) is 7.49. The number of aromatic amines is 1. The van der Waals surface area contributed by atoms with Crippen molar-refractivity contribution in [2.75, 3.05) is 0 Å². The summed E-state index contributed by atoms with van der Waals surface area (Å²) in [6.07, 6.45) is 0. The molecule has 0 radical (unpaired) electrons. The molecule has 0 aliphatic rings. The van der Waals surface area contributed by atoms with E-state index in [-0.39, 0.29) is 0 Å². The van der Waals surface area contributed by atoms with E-state index in [4.69, 9.17) is 0 Å². The fourth-order valence-electron chi connectivity index (χ4n) is 2.43. The fourth-order valence-corrected chi connectivity index (χ4v) is 2.73. The Bertz CT molecular complexity index is 880. The summed E-state index contributed by atoms with van der Waals surface area (Å²) in [5.41, 5.74) is 4.91. The molecular weight excluding hydrogens is 370 g/mol. The van der Waals surface area contributed by atoms with E-state index in [9.17, 15) is 0 Å². The maximum atomic E-state index is 3.45. The van der Waals surface area contributed by atoms with Crippen molar-refractivity contribution in [1.82, 2.24) is 4.98 Å². The first kappa shape index (κ1) is 19.0. The van der Waals surface area contributed by atoms with Crippen LogP contribution >= 0.6 is 15.9 Å². The van der Waals surface area contributed by atoms with Crippen LogP contribution in [0.3, 0.4) is 0 Å². The van der Waals surface area contributed by atoms with Crippen LogP contribution in [-0.2, 0) is 0 Å². The molecule has 0 saturated heterocycles. The van der Waals surface area contributed by atoms with Gasteiger partial charge in [0.1, 0.15) is 0 Å². The van der Waals surface area contributed by atoms with Gasteiger partial charge in [-0.25, -0.2) is 0 Å². The highest BCUT2D eigenvalue weighted by atomic mass is 79.9. The van der Waals surface area contributed by atoms with Gasteiger partial charge in [0.05, 0.1) is 0 Å². The molecule has 2 heteroatoms. The lowest BCUT2D eigenvalue weighted by Gasteiger charge is -1.95. The number of hydrogen-bond acceptors (Lipinski definition) is 0. The molecule has 4 aromatic rings. The summed E-state index contributed by atoms with van der Waals surface area (Å²) < 4.78 is 1.13. The van der Waals surface area contributed by atoms with E-state index >= 15 is 0 Å². The Morgan fingerprint density at radius 3 is 1.88 bits per heavy atom. The van der Waals surface area contributed by atoms with Crippen LogP contribution in [0.15, 0.2) is 89.4 Å². The van der Waals surface area contributed by atoms with Crippen LogP contribution in [0.1, 0.15) is 19.4 Å². The topological polar surface area (TPSA) is 15.8 Å². The Morgan fingerprint density at radius 2 is 1.32 bits per heavy atom. The normalized spacial score (nSPS) is 9.60. The van der Waals surface area contributed by atoms with Crippen molar-refractivity contribution in [3.05, 3.63) is 95.0 Å². The predicted molar refractivity (Wildman–Crippen MR) is 114 cm³/mol. The van der Waals surface area contributed by atoms with Crippen LogP contribution in [0, 0.1) is 6.92 Å². The van der Waals surface area contributed by atoms with Crippen molar-refractivity contribution in [3.8, 4) is 11.3 Å². The van der Waals surface area contributed by atoms with Gasteiger partial charge in [-0.3, -0.25) is 0 Å². The number of rotatable bonds is 1. The number of fused-ring (bicyclic) bond motifs is 1. The maximum absolute atomic E-state index is 3.45. The zero-order chi connectivity index (χ0) is 18.1. The molecule has 0 fully saturated rings. The standard InChI is InChI=1S/C15H13N.C6H5Br.C2H6/c1-11-7-8-13-10-15(16-14(13)9-11)12-5-3-2-4-6-12;7-6-4-2-1-3-5-6;1-2/h2-10,16H,1H3;1-5H;1-2H3. The molecule has 0 bridgehead atoms. The summed E-state index contributed by atoms with van der Waals surface area (Å²) >= 11 is 3.31. The second kappa shape index (κ2) is 9.85. The number of aromatic nitrogens is 1. The van der Waals surface area contributed by atoms with E-state index in [1.165, 1.54) is 27.7 Å². The first-order valence-corrected chi connectivity index (χ1v) is 9.37. The maximum Gasteiger partial charge on any atom is 0.0464 e. The Labute approximate surface area is 158 Å². The van der Waals surface area contributed by atoms with Crippen LogP contribution in [0.4, 0.5) is 0 Å². The third kappa shape index (κ3) is 5.61. The number of benzene rings is 3.